The van der Waals surface area contributed by atoms with Crippen LogP contribution in [0, 0.1) is 6.92 Å². The first kappa shape index (κ1) is 11.1. The van der Waals surface area contributed by atoms with Gasteiger partial charge in [0.05, 0.1) is 6.10 Å². The van der Waals surface area contributed by atoms with Crippen molar-refractivity contribution in [3.05, 3.63) is 35.4 Å². The normalized spacial score (nSPS) is 19.7. The van der Waals surface area contributed by atoms with Gasteiger partial charge in [-0.2, -0.15) is 0 Å². The van der Waals surface area contributed by atoms with E-state index in [0.717, 1.165) is 25.0 Å². The van der Waals surface area contributed by atoms with Gasteiger partial charge in [0, 0.05) is 18.7 Å². The third-order valence-corrected chi connectivity index (χ3v) is 2.83. The Hall–Kier alpha value is -1.35. The van der Waals surface area contributed by atoms with Gasteiger partial charge < -0.3 is 10.1 Å². The van der Waals surface area contributed by atoms with E-state index in [-0.39, 0.29) is 12.0 Å². The highest BCUT2D eigenvalue weighted by Gasteiger charge is 2.16. The number of benzene rings is 1. The zero-order chi connectivity index (χ0) is 11.4. The summed E-state index contributed by atoms with van der Waals surface area (Å²) in [4.78, 5) is 11.7. The molecule has 1 atom stereocenters. The summed E-state index contributed by atoms with van der Waals surface area (Å²) in [7, 11) is 0. The molecule has 1 amide bonds. The monoisotopic (exact) mass is 219 g/mol. The lowest BCUT2D eigenvalue weighted by Crippen LogP contribution is -2.31. The summed E-state index contributed by atoms with van der Waals surface area (Å²) in [6.07, 6.45) is 2.36. The van der Waals surface area contributed by atoms with Gasteiger partial charge >= 0.3 is 0 Å². The molecule has 0 saturated carbocycles. The molecule has 1 unspecified atom stereocenters. The number of carbonyl (C=O) groups is 1. The summed E-state index contributed by atoms with van der Waals surface area (Å²) in [5, 5.41) is 2.90. The smallest absolute Gasteiger partial charge is 0.251 e. The second-order valence-corrected chi connectivity index (χ2v) is 4.21. The maximum absolute atomic E-state index is 11.7. The van der Waals surface area contributed by atoms with Crippen LogP contribution in [-0.4, -0.2) is 25.2 Å². The van der Waals surface area contributed by atoms with Crippen molar-refractivity contribution in [1.82, 2.24) is 5.32 Å². The summed E-state index contributed by atoms with van der Waals surface area (Å²) in [6, 6.07) is 7.59. The van der Waals surface area contributed by atoms with E-state index in [9.17, 15) is 4.79 Å². The molecule has 0 bridgehead atoms. The molecule has 1 N–H and O–H groups in total. The molecular weight excluding hydrogens is 202 g/mol. The number of nitrogens with one attached hydrogen (secondary N) is 1. The second-order valence-electron chi connectivity index (χ2n) is 4.21. The molecule has 1 saturated heterocycles. The molecule has 0 radical (unpaired) electrons. The Labute approximate surface area is 95.8 Å². The van der Waals surface area contributed by atoms with Crippen LogP contribution in [0.1, 0.15) is 28.8 Å². The van der Waals surface area contributed by atoms with Gasteiger partial charge in [0.1, 0.15) is 0 Å². The number of rotatable bonds is 3. The fourth-order valence-electron chi connectivity index (χ4n) is 1.82. The highest BCUT2D eigenvalue weighted by atomic mass is 16.5. The number of carbonyl (C=O) groups excluding carboxylic acids is 1. The topological polar surface area (TPSA) is 38.3 Å². The van der Waals surface area contributed by atoms with E-state index < -0.39 is 0 Å². The molecule has 1 aliphatic rings. The summed E-state index contributed by atoms with van der Waals surface area (Å²) in [5.41, 5.74) is 1.87. The number of aryl methyl sites for hydroxylation is 1. The summed E-state index contributed by atoms with van der Waals surface area (Å²) in [6.45, 7) is 3.45. The van der Waals surface area contributed by atoms with E-state index in [1.165, 1.54) is 0 Å². The molecular formula is C13H17NO2. The van der Waals surface area contributed by atoms with E-state index in [4.69, 9.17) is 4.74 Å². The van der Waals surface area contributed by atoms with Crippen LogP contribution in [0.2, 0.25) is 0 Å². The molecule has 1 aliphatic heterocycles. The predicted octanol–water partition coefficient (Wildman–Crippen LogP) is 1.90. The molecule has 1 fully saturated rings. The molecule has 1 aromatic carbocycles. The Morgan fingerprint density at radius 1 is 1.44 bits per heavy atom. The highest BCUT2D eigenvalue weighted by molar-refractivity contribution is 5.94. The van der Waals surface area contributed by atoms with Gasteiger partial charge in [-0.15, -0.1) is 0 Å². The maximum Gasteiger partial charge on any atom is 0.251 e. The van der Waals surface area contributed by atoms with Crippen molar-refractivity contribution in [2.45, 2.75) is 25.9 Å². The minimum Gasteiger partial charge on any atom is -0.376 e. The van der Waals surface area contributed by atoms with Crippen LogP contribution in [-0.2, 0) is 4.74 Å². The fraction of sp³-hybridized carbons (Fsp3) is 0.462. The SMILES string of the molecule is Cc1ccc(C(=O)NCC2CCCO2)cc1. The van der Waals surface area contributed by atoms with Gasteiger partial charge in [0.25, 0.3) is 5.91 Å². The molecule has 0 aliphatic carbocycles. The third-order valence-electron chi connectivity index (χ3n) is 2.83. The number of hydrogen-bond acceptors (Lipinski definition) is 2. The van der Waals surface area contributed by atoms with Crippen LogP contribution in [0.4, 0.5) is 0 Å². The van der Waals surface area contributed by atoms with Crippen LogP contribution in [0.15, 0.2) is 24.3 Å². The Balaban J connectivity index is 1.85. The van der Waals surface area contributed by atoms with Gasteiger partial charge in [-0.25, -0.2) is 0 Å². The first-order valence-corrected chi connectivity index (χ1v) is 5.72. The molecule has 0 spiro atoms. The van der Waals surface area contributed by atoms with Gasteiger partial charge in [-0.3, -0.25) is 4.79 Å². The minimum atomic E-state index is -0.0181. The zero-order valence-electron chi connectivity index (χ0n) is 9.53. The van der Waals surface area contributed by atoms with E-state index in [0.29, 0.717) is 12.1 Å². The lowest BCUT2D eigenvalue weighted by Gasteiger charge is -2.10. The van der Waals surface area contributed by atoms with Crippen molar-refractivity contribution in [1.29, 1.82) is 0 Å². The minimum absolute atomic E-state index is 0.0181. The van der Waals surface area contributed by atoms with Gasteiger partial charge in [-0.1, -0.05) is 17.7 Å². The number of ether oxygens (including phenoxy) is 1. The van der Waals surface area contributed by atoms with Gasteiger partial charge in [0.2, 0.25) is 0 Å². The molecule has 16 heavy (non-hydrogen) atoms. The van der Waals surface area contributed by atoms with Crippen molar-refractivity contribution < 1.29 is 9.53 Å². The molecule has 1 aromatic rings. The Kier molecular flexibility index (Phi) is 3.57. The summed E-state index contributed by atoms with van der Waals surface area (Å²) >= 11 is 0. The zero-order valence-corrected chi connectivity index (χ0v) is 9.53. The maximum atomic E-state index is 11.7. The van der Waals surface area contributed by atoms with Crippen molar-refractivity contribution in [3.8, 4) is 0 Å². The van der Waals surface area contributed by atoms with E-state index >= 15 is 0 Å². The first-order chi connectivity index (χ1) is 7.75. The van der Waals surface area contributed by atoms with E-state index in [2.05, 4.69) is 5.32 Å². The molecule has 1 heterocycles. The second kappa shape index (κ2) is 5.12. The Morgan fingerprint density at radius 2 is 2.19 bits per heavy atom. The average Bonchev–Trinajstić information content (AvgIpc) is 2.80. The average molecular weight is 219 g/mol. The first-order valence-electron chi connectivity index (χ1n) is 5.72. The largest absolute Gasteiger partial charge is 0.376 e. The summed E-state index contributed by atoms with van der Waals surface area (Å²) < 4.78 is 5.44. The number of hydrogen-bond donors (Lipinski definition) is 1. The van der Waals surface area contributed by atoms with Crippen LogP contribution < -0.4 is 5.32 Å². The van der Waals surface area contributed by atoms with Crippen LogP contribution in [0.5, 0.6) is 0 Å². The molecule has 3 heteroatoms. The standard InChI is InChI=1S/C13H17NO2/c1-10-4-6-11(7-5-10)13(15)14-9-12-3-2-8-16-12/h4-7,12H,2-3,8-9H2,1H3,(H,14,15). The van der Waals surface area contributed by atoms with Crippen LogP contribution >= 0.6 is 0 Å². The van der Waals surface area contributed by atoms with Gasteiger partial charge in [0.15, 0.2) is 0 Å². The fourth-order valence-corrected chi connectivity index (χ4v) is 1.82. The molecule has 3 nitrogen and oxygen atoms in total. The molecule has 0 aromatic heterocycles. The van der Waals surface area contributed by atoms with Crippen molar-refractivity contribution in [2.75, 3.05) is 13.2 Å². The van der Waals surface area contributed by atoms with Crippen molar-refractivity contribution >= 4 is 5.91 Å². The van der Waals surface area contributed by atoms with Crippen molar-refractivity contribution in [3.63, 3.8) is 0 Å². The van der Waals surface area contributed by atoms with Crippen molar-refractivity contribution in [2.24, 2.45) is 0 Å². The summed E-state index contributed by atoms with van der Waals surface area (Å²) in [5.74, 6) is -0.0181. The lowest BCUT2D eigenvalue weighted by molar-refractivity contribution is 0.0858. The van der Waals surface area contributed by atoms with E-state index in [1.54, 1.807) is 0 Å². The number of amides is 1. The quantitative estimate of drug-likeness (QED) is 0.843. The lowest BCUT2D eigenvalue weighted by atomic mass is 10.1. The third kappa shape index (κ3) is 2.83. The highest BCUT2D eigenvalue weighted by Crippen LogP contribution is 2.11. The predicted molar refractivity (Wildman–Crippen MR) is 62.5 cm³/mol. The molecule has 86 valence electrons. The molecule has 2 rings (SSSR count). The van der Waals surface area contributed by atoms with Gasteiger partial charge in [-0.05, 0) is 31.9 Å². The van der Waals surface area contributed by atoms with E-state index in [1.807, 2.05) is 31.2 Å². The van der Waals surface area contributed by atoms with Crippen LogP contribution in [0.25, 0.3) is 0 Å². The van der Waals surface area contributed by atoms with Crippen LogP contribution in [0.3, 0.4) is 0 Å². The Bertz CT molecular complexity index is 353. The Morgan fingerprint density at radius 3 is 2.81 bits per heavy atom.